The Labute approximate surface area is 128 Å². The van der Waals surface area contributed by atoms with E-state index in [0.29, 0.717) is 48.4 Å². The highest BCUT2D eigenvalue weighted by molar-refractivity contribution is 6.32. The summed E-state index contributed by atoms with van der Waals surface area (Å²) >= 11 is 6.19. The van der Waals surface area contributed by atoms with E-state index in [9.17, 15) is 4.79 Å². The lowest BCUT2D eigenvalue weighted by Crippen LogP contribution is -2.48. The van der Waals surface area contributed by atoms with Gasteiger partial charge in [-0.25, -0.2) is 0 Å². The lowest BCUT2D eigenvalue weighted by Gasteiger charge is -2.35. The fourth-order valence-electron chi connectivity index (χ4n) is 2.76. The van der Waals surface area contributed by atoms with Gasteiger partial charge in [-0.15, -0.1) is 0 Å². The number of hydrogen-bond acceptors (Lipinski definition) is 4. The molecular weight excluding hydrogens is 294 g/mol. The van der Waals surface area contributed by atoms with Crippen molar-refractivity contribution in [2.24, 2.45) is 0 Å². The lowest BCUT2D eigenvalue weighted by molar-refractivity contribution is -0.0586. The van der Waals surface area contributed by atoms with Crippen molar-refractivity contribution in [3.63, 3.8) is 0 Å². The van der Waals surface area contributed by atoms with Crippen LogP contribution in [0.1, 0.15) is 24.2 Å². The maximum absolute atomic E-state index is 12.6. The molecule has 1 aromatic carbocycles. The van der Waals surface area contributed by atoms with E-state index in [1.54, 1.807) is 17.0 Å². The van der Waals surface area contributed by atoms with Crippen molar-refractivity contribution in [2.75, 3.05) is 26.3 Å². The van der Waals surface area contributed by atoms with Crippen LogP contribution in [-0.2, 0) is 4.74 Å². The smallest absolute Gasteiger partial charge is 0.254 e. The van der Waals surface area contributed by atoms with Crippen LogP contribution in [0.3, 0.4) is 0 Å². The SMILES string of the molecule is C[C@@H]1CN(C(=O)c2cc(Cl)c3c(c2)OCCO3)C[C@@H](C)O1. The third-order valence-electron chi connectivity index (χ3n) is 3.55. The van der Waals surface area contributed by atoms with Crippen molar-refractivity contribution in [1.82, 2.24) is 4.90 Å². The quantitative estimate of drug-likeness (QED) is 0.799. The number of fused-ring (bicyclic) bond motifs is 1. The summed E-state index contributed by atoms with van der Waals surface area (Å²) in [5, 5.41) is 0.407. The van der Waals surface area contributed by atoms with Gasteiger partial charge in [-0.05, 0) is 26.0 Å². The van der Waals surface area contributed by atoms with Crippen LogP contribution in [0.25, 0.3) is 0 Å². The predicted molar refractivity (Wildman–Crippen MR) is 78.4 cm³/mol. The Bertz CT molecular complexity index is 553. The zero-order chi connectivity index (χ0) is 15.0. The number of hydrogen-bond donors (Lipinski definition) is 0. The number of benzene rings is 1. The molecule has 114 valence electrons. The molecule has 0 bridgehead atoms. The summed E-state index contributed by atoms with van der Waals surface area (Å²) in [6.45, 7) is 6.02. The summed E-state index contributed by atoms with van der Waals surface area (Å²) in [6, 6.07) is 3.34. The molecule has 6 heteroatoms. The first kappa shape index (κ1) is 14.5. The first-order valence-electron chi connectivity index (χ1n) is 7.08. The molecule has 21 heavy (non-hydrogen) atoms. The molecule has 0 radical (unpaired) electrons. The number of morpholine rings is 1. The second-order valence-corrected chi connectivity index (χ2v) is 5.86. The standard InChI is InChI=1S/C15H18ClNO4/c1-9-7-17(8-10(2)21-9)15(18)11-5-12(16)14-13(6-11)19-3-4-20-14/h5-6,9-10H,3-4,7-8H2,1-2H3/t9-,10-/m1/s1. The molecule has 0 aromatic heterocycles. The Balaban J connectivity index is 1.86. The summed E-state index contributed by atoms with van der Waals surface area (Å²) in [5.41, 5.74) is 0.519. The van der Waals surface area contributed by atoms with Gasteiger partial charge in [-0.1, -0.05) is 11.6 Å². The summed E-state index contributed by atoms with van der Waals surface area (Å²) in [7, 11) is 0. The van der Waals surface area contributed by atoms with E-state index in [1.165, 1.54) is 0 Å². The Morgan fingerprint density at radius 2 is 1.86 bits per heavy atom. The van der Waals surface area contributed by atoms with Gasteiger partial charge in [0.25, 0.3) is 5.91 Å². The number of amides is 1. The van der Waals surface area contributed by atoms with Gasteiger partial charge in [0, 0.05) is 18.7 Å². The van der Waals surface area contributed by atoms with Crippen molar-refractivity contribution in [3.8, 4) is 11.5 Å². The average molecular weight is 312 g/mol. The second kappa shape index (κ2) is 5.73. The van der Waals surface area contributed by atoms with Crippen LogP contribution >= 0.6 is 11.6 Å². The van der Waals surface area contributed by atoms with E-state index in [4.69, 9.17) is 25.8 Å². The molecule has 1 fully saturated rings. The highest BCUT2D eigenvalue weighted by atomic mass is 35.5. The monoisotopic (exact) mass is 311 g/mol. The van der Waals surface area contributed by atoms with E-state index in [1.807, 2.05) is 13.8 Å². The minimum absolute atomic E-state index is 0.0328. The van der Waals surface area contributed by atoms with Gasteiger partial charge >= 0.3 is 0 Å². The Morgan fingerprint density at radius 1 is 1.19 bits per heavy atom. The maximum Gasteiger partial charge on any atom is 0.254 e. The van der Waals surface area contributed by atoms with E-state index < -0.39 is 0 Å². The minimum Gasteiger partial charge on any atom is -0.486 e. The summed E-state index contributed by atoms with van der Waals surface area (Å²) in [4.78, 5) is 14.4. The number of halogens is 1. The molecule has 2 aliphatic rings. The van der Waals surface area contributed by atoms with Crippen molar-refractivity contribution in [1.29, 1.82) is 0 Å². The fourth-order valence-corrected chi connectivity index (χ4v) is 3.03. The van der Waals surface area contributed by atoms with Gasteiger partial charge < -0.3 is 19.1 Å². The number of carbonyl (C=O) groups is 1. The molecule has 0 aliphatic carbocycles. The van der Waals surface area contributed by atoms with Gasteiger partial charge in [0.1, 0.15) is 13.2 Å². The van der Waals surface area contributed by atoms with Crippen LogP contribution in [0.4, 0.5) is 0 Å². The lowest BCUT2D eigenvalue weighted by atomic mass is 10.1. The summed E-state index contributed by atoms with van der Waals surface area (Å²) in [5.74, 6) is 0.991. The first-order chi connectivity index (χ1) is 10.0. The zero-order valence-electron chi connectivity index (χ0n) is 12.1. The van der Waals surface area contributed by atoms with Crippen molar-refractivity contribution in [3.05, 3.63) is 22.7 Å². The Morgan fingerprint density at radius 3 is 2.57 bits per heavy atom. The molecule has 0 N–H and O–H groups in total. The highest BCUT2D eigenvalue weighted by Crippen LogP contribution is 2.38. The van der Waals surface area contributed by atoms with Crippen LogP contribution in [0.5, 0.6) is 11.5 Å². The Hall–Kier alpha value is -1.46. The largest absolute Gasteiger partial charge is 0.486 e. The number of rotatable bonds is 1. The van der Waals surface area contributed by atoms with Gasteiger partial charge in [0.15, 0.2) is 11.5 Å². The molecule has 1 saturated heterocycles. The van der Waals surface area contributed by atoms with Crippen LogP contribution in [0, 0.1) is 0 Å². The molecule has 5 nitrogen and oxygen atoms in total. The molecule has 0 saturated carbocycles. The normalized spacial score (nSPS) is 24.8. The van der Waals surface area contributed by atoms with Crippen molar-refractivity contribution >= 4 is 17.5 Å². The molecule has 3 rings (SSSR count). The molecule has 2 atom stereocenters. The van der Waals surface area contributed by atoms with E-state index >= 15 is 0 Å². The van der Waals surface area contributed by atoms with Gasteiger partial charge in [0.05, 0.1) is 17.2 Å². The molecule has 2 aliphatic heterocycles. The number of carbonyl (C=O) groups excluding carboxylic acids is 1. The van der Waals surface area contributed by atoms with Crippen LogP contribution in [-0.4, -0.2) is 49.3 Å². The fraction of sp³-hybridized carbons (Fsp3) is 0.533. The van der Waals surface area contributed by atoms with E-state index in [0.717, 1.165) is 0 Å². The molecular formula is C15H18ClNO4. The van der Waals surface area contributed by atoms with Gasteiger partial charge in [-0.3, -0.25) is 4.79 Å². The molecule has 1 amide bonds. The van der Waals surface area contributed by atoms with Gasteiger partial charge in [-0.2, -0.15) is 0 Å². The Kier molecular flexibility index (Phi) is 3.95. The minimum atomic E-state index is -0.0594. The van der Waals surface area contributed by atoms with Gasteiger partial charge in [0.2, 0.25) is 0 Å². The zero-order valence-corrected chi connectivity index (χ0v) is 12.9. The third-order valence-corrected chi connectivity index (χ3v) is 3.83. The van der Waals surface area contributed by atoms with E-state index in [2.05, 4.69) is 0 Å². The highest BCUT2D eigenvalue weighted by Gasteiger charge is 2.28. The summed E-state index contributed by atoms with van der Waals surface area (Å²) in [6.07, 6.45) is 0.0655. The predicted octanol–water partition coefficient (Wildman–Crippen LogP) is 2.36. The van der Waals surface area contributed by atoms with Crippen LogP contribution in [0.15, 0.2) is 12.1 Å². The van der Waals surface area contributed by atoms with E-state index in [-0.39, 0.29) is 18.1 Å². The van der Waals surface area contributed by atoms with Crippen LogP contribution in [0.2, 0.25) is 5.02 Å². The topological polar surface area (TPSA) is 48.0 Å². The second-order valence-electron chi connectivity index (χ2n) is 5.45. The van der Waals surface area contributed by atoms with Crippen molar-refractivity contribution < 1.29 is 19.0 Å². The third kappa shape index (κ3) is 2.94. The van der Waals surface area contributed by atoms with Crippen molar-refractivity contribution in [2.45, 2.75) is 26.1 Å². The average Bonchev–Trinajstić information content (AvgIpc) is 2.45. The maximum atomic E-state index is 12.6. The summed E-state index contributed by atoms with van der Waals surface area (Å²) < 4.78 is 16.6. The molecule has 0 spiro atoms. The first-order valence-corrected chi connectivity index (χ1v) is 7.46. The molecule has 1 aromatic rings. The molecule has 2 heterocycles. The molecule has 0 unspecified atom stereocenters. The number of ether oxygens (including phenoxy) is 3. The number of nitrogens with zero attached hydrogens (tertiary/aromatic N) is 1. The van der Waals surface area contributed by atoms with Crippen LogP contribution < -0.4 is 9.47 Å².